The first kappa shape index (κ1) is 18.0. The summed E-state index contributed by atoms with van der Waals surface area (Å²) in [4.78, 5) is 15.4. The van der Waals surface area contributed by atoms with Crippen LogP contribution in [0.1, 0.15) is 16.1 Å². The number of alkyl halides is 3. The number of hydrogen-bond donors (Lipinski definition) is 1. The number of fused-ring (bicyclic) bond motifs is 1. The number of furan rings is 1. The first-order chi connectivity index (χ1) is 12.1. The minimum atomic E-state index is -4.64. The van der Waals surface area contributed by atoms with E-state index < -0.39 is 45.6 Å². The van der Waals surface area contributed by atoms with Crippen LogP contribution in [0.25, 0.3) is 22.4 Å². The van der Waals surface area contributed by atoms with Gasteiger partial charge in [-0.3, -0.25) is 0 Å². The number of esters is 1. The van der Waals surface area contributed by atoms with E-state index in [4.69, 9.17) is 21.8 Å². The monoisotopic (exact) mass is 388 g/mol. The maximum atomic E-state index is 14.5. The lowest BCUT2D eigenvalue weighted by Crippen LogP contribution is -2.10. The van der Waals surface area contributed by atoms with Crippen LogP contribution in [0.5, 0.6) is 0 Å². The van der Waals surface area contributed by atoms with Crippen molar-refractivity contribution in [3.63, 3.8) is 0 Å². The summed E-state index contributed by atoms with van der Waals surface area (Å²) in [7, 11) is 1.05. The average Bonchev–Trinajstić information content (AvgIpc) is 3.02. The predicted octanol–water partition coefficient (Wildman–Crippen LogP) is 4.67. The number of benzene rings is 1. The fraction of sp³-hybridized carbons (Fsp3) is 0.125. The predicted molar refractivity (Wildman–Crippen MR) is 85.2 cm³/mol. The van der Waals surface area contributed by atoms with Gasteiger partial charge in [-0.15, -0.1) is 0 Å². The first-order valence-corrected chi connectivity index (χ1v) is 7.35. The van der Waals surface area contributed by atoms with Crippen LogP contribution < -0.4 is 5.73 Å². The van der Waals surface area contributed by atoms with Gasteiger partial charge in [0.15, 0.2) is 17.3 Å². The van der Waals surface area contributed by atoms with Crippen molar-refractivity contribution in [1.82, 2.24) is 4.98 Å². The Kier molecular flexibility index (Phi) is 4.27. The number of carbonyl (C=O) groups is 1. The van der Waals surface area contributed by atoms with E-state index in [9.17, 15) is 22.4 Å². The van der Waals surface area contributed by atoms with Gasteiger partial charge in [0.2, 0.25) is 0 Å². The molecule has 136 valence electrons. The van der Waals surface area contributed by atoms with Crippen LogP contribution in [0.15, 0.2) is 28.7 Å². The molecule has 0 aliphatic carbocycles. The highest BCUT2D eigenvalue weighted by atomic mass is 35.5. The third-order valence-corrected chi connectivity index (χ3v) is 3.97. The second-order valence-corrected chi connectivity index (χ2v) is 5.55. The normalized spacial score (nSPS) is 11.8. The maximum absolute atomic E-state index is 14.5. The molecule has 0 unspecified atom stereocenters. The van der Waals surface area contributed by atoms with E-state index in [0.29, 0.717) is 0 Å². The first-order valence-electron chi connectivity index (χ1n) is 6.98. The number of pyridine rings is 1. The summed E-state index contributed by atoms with van der Waals surface area (Å²) in [6.07, 6.45) is -4.64. The highest BCUT2D eigenvalue weighted by Gasteiger charge is 2.34. The van der Waals surface area contributed by atoms with Crippen LogP contribution in [-0.2, 0) is 10.9 Å². The molecule has 0 saturated carbocycles. The molecule has 0 amide bonds. The van der Waals surface area contributed by atoms with E-state index in [1.165, 1.54) is 6.07 Å². The van der Waals surface area contributed by atoms with Gasteiger partial charge in [-0.1, -0.05) is 17.7 Å². The summed E-state index contributed by atoms with van der Waals surface area (Å²) < 4.78 is 63.6. The number of nitrogens with zero attached hydrogens (tertiary/aromatic N) is 1. The number of carbonyl (C=O) groups excluding carboxylic acids is 1. The van der Waals surface area contributed by atoms with Crippen LogP contribution in [0.3, 0.4) is 0 Å². The van der Waals surface area contributed by atoms with Gasteiger partial charge in [-0.2, -0.15) is 13.2 Å². The topological polar surface area (TPSA) is 78.3 Å². The molecule has 0 saturated heterocycles. The van der Waals surface area contributed by atoms with Crippen molar-refractivity contribution in [1.29, 1.82) is 0 Å². The molecule has 0 radical (unpaired) electrons. The van der Waals surface area contributed by atoms with E-state index in [2.05, 4.69) is 9.72 Å². The Hall–Kier alpha value is -2.81. The van der Waals surface area contributed by atoms with Gasteiger partial charge in [-0.05, 0) is 18.2 Å². The zero-order valence-electron chi connectivity index (χ0n) is 12.9. The zero-order chi connectivity index (χ0) is 19.2. The molecule has 3 aromatic rings. The Morgan fingerprint density at radius 2 is 2.04 bits per heavy atom. The molecule has 0 fully saturated rings. The number of nitrogens with two attached hydrogens (primary N) is 1. The molecule has 0 aliphatic rings. The lowest BCUT2D eigenvalue weighted by atomic mass is 10.1. The molecule has 2 N–H and O–H groups in total. The molecule has 0 atom stereocenters. The quantitative estimate of drug-likeness (QED) is 0.509. The molecule has 2 aromatic heterocycles. The number of hydrogen-bond acceptors (Lipinski definition) is 5. The zero-order valence-corrected chi connectivity index (χ0v) is 13.7. The summed E-state index contributed by atoms with van der Waals surface area (Å²) in [5.41, 5.74) is 2.79. The Morgan fingerprint density at radius 3 is 2.65 bits per heavy atom. The van der Waals surface area contributed by atoms with Crippen molar-refractivity contribution < 1.29 is 31.5 Å². The van der Waals surface area contributed by atoms with Crippen molar-refractivity contribution >= 4 is 34.2 Å². The molecule has 3 rings (SSSR count). The fourth-order valence-corrected chi connectivity index (χ4v) is 2.58. The maximum Gasteiger partial charge on any atom is 0.417 e. The van der Waals surface area contributed by atoms with Crippen LogP contribution in [-0.4, -0.2) is 18.1 Å². The third-order valence-electron chi connectivity index (χ3n) is 3.59. The van der Waals surface area contributed by atoms with Crippen LogP contribution in [0.4, 0.5) is 23.2 Å². The van der Waals surface area contributed by atoms with Gasteiger partial charge >= 0.3 is 12.1 Å². The third kappa shape index (κ3) is 2.84. The number of nitrogen functional groups attached to an aromatic ring is 1. The highest BCUT2D eigenvalue weighted by Crippen LogP contribution is 2.39. The molecular weight excluding hydrogens is 380 g/mol. The lowest BCUT2D eigenvalue weighted by molar-refractivity contribution is -0.136. The van der Waals surface area contributed by atoms with Crippen molar-refractivity contribution in [3.05, 3.63) is 46.4 Å². The molecule has 10 heteroatoms. The summed E-state index contributed by atoms with van der Waals surface area (Å²) >= 11 is 5.79. The smallest absolute Gasteiger partial charge is 0.417 e. The molecule has 0 spiro atoms. The molecule has 26 heavy (non-hydrogen) atoms. The number of methoxy groups -OCH3 is 1. The van der Waals surface area contributed by atoms with Crippen LogP contribution in [0.2, 0.25) is 5.02 Å². The van der Waals surface area contributed by atoms with Gasteiger partial charge in [0.25, 0.3) is 0 Å². The number of anilines is 1. The van der Waals surface area contributed by atoms with Crippen molar-refractivity contribution in [3.8, 4) is 11.5 Å². The van der Waals surface area contributed by atoms with Gasteiger partial charge < -0.3 is 14.9 Å². The van der Waals surface area contributed by atoms with Gasteiger partial charge in [0.1, 0.15) is 11.3 Å². The number of halogens is 5. The molecule has 1 aromatic carbocycles. The van der Waals surface area contributed by atoms with Gasteiger partial charge in [0.05, 0.1) is 23.4 Å². The highest BCUT2D eigenvalue weighted by molar-refractivity contribution is 6.35. The Bertz CT molecular complexity index is 1030. The van der Waals surface area contributed by atoms with Crippen molar-refractivity contribution in [2.75, 3.05) is 12.8 Å². The van der Waals surface area contributed by atoms with Crippen LogP contribution >= 0.6 is 11.6 Å². The van der Waals surface area contributed by atoms with E-state index in [0.717, 1.165) is 25.3 Å². The molecular formula is C16H9ClF4N2O3. The van der Waals surface area contributed by atoms with E-state index in [-0.39, 0.29) is 16.7 Å². The Labute approximate surface area is 148 Å². The van der Waals surface area contributed by atoms with Crippen LogP contribution in [0, 0.1) is 5.82 Å². The summed E-state index contributed by atoms with van der Waals surface area (Å²) in [6, 6.07) is 4.27. The summed E-state index contributed by atoms with van der Waals surface area (Å²) in [5.74, 6) is -2.46. The van der Waals surface area contributed by atoms with Gasteiger partial charge in [-0.25, -0.2) is 14.2 Å². The summed E-state index contributed by atoms with van der Waals surface area (Å²) in [5, 5.41) is -0.755. The van der Waals surface area contributed by atoms with E-state index in [1.807, 2.05) is 0 Å². The standard InChI is InChI=1S/C16H9ClF4N2O3/c1-25-15(24)14-10(17)12(22)11(18)13(23-14)9-5-6-7(16(19,20)21)3-2-4-8(6)26-9/h2-5H,1H3,(H2,22,23). The second kappa shape index (κ2) is 6.17. The van der Waals surface area contributed by atoms with E-state index in [1.54, 1.807) is 0 Å². The molecule has 5 nitrogen and oxygen atoms in total. The minimum absolute atomic E-state index is 0.135. The lowest BCUT2D eigenvalue weighted by Gasteiger charge is -2.08. The fourth-order valence-electron chi connectivity index (χ4n) is 2.38. The Balaban J connectivity index is 2.28. The molecule has 2 heterocycles. The number of rotatable bonds is 2. The van der Waals surface area contributed by atoms with Crippen molar-refractivity contribution in [2.45, 2.75) is 6.18 Å². The molecule has 0 bridgehead atoms. The minimum Gasteiger partial charge on any atom is -0.464 e. The SMILES string of the molecule is COC(=O)c1nc(-c2cc3c(C(F)(F)F)cccc3o2)c(F)c(N)c1Cl. The van der Waals surface area contributed by atoms with Crippen molar-refractivity contribution in [2.24, 2.45) is 0 Å². The van der Waals surface area contributed by atoms with Gasteiger partial charge in [0, 0.05) is 5.39 Å². The largest absolute Gasteiger partial charge is 0.464 e. The second-order valence-electron chi connectivity index (χ2n) is 5.17. The average molecular weight is 389 g/mol. The summed E-state index contributed by atoms with van der Waals surface area (Å²) in [6.45, 7) is 0. The number of aromatic nitrogens is 1. The Morgan fingerprint density at radius 1 is 1.35 bits per heavy atom. The number of ether oxygens (including phenoxy) is 1. The molecule has 0 aliphatic heterocycles. The van der Waals surface area contributed by atoms with E-state index >= 15 is 0 Å².